The van der Waals surface area contributed by atoms with Gasteiger partial charge in [0.2, 0.25) is 0 Å². The molecule has 3 fully saturated rings. The van der Waals surface area contributed by atoms with Crippen LogP contribution < -0.4 is 4.74 Å². The second-order valence-electron chi connectivity index (χ2n) is 15.4. The van der Waals surface area contributed by atoms with Crippen molar-refractivity contribution in [1.82, 2.24) is 4.90 Å². The Morgan fingerprint density at radius 2 is 1.60 bits per heavy atom. The molecule has 0 aromatic heterocycles. The van der Waals surface area contributed by atoms with Crippen LogP contribution in [0, 0.1) is 33.5 Å². The number of carbonyl (C=O) groups excluding carboxylic acids is 2. The topological polar surface area (TPSA) is 96.3 Å². The van der Waals surface area contributed by atoms with Gasteiger partial charge < -0.3 is 24.6 Å². The normalized spacial score (nSPS) is 38.1. The van der Waals surface area contributed by atoms with E-state index in [-0.39, 0.29) is 36.2 Å². The molecular formula is C40H49NO6. The first-order chi connectivity index (χ1) is 22.5. The number of amides is 1. The van der Waals surface area contributed by atoms with Crippen LogP contribution in [0.5, 0.6) is 5.75 Å². The monoisotopic (exact) mass is 639 g/mol. The second kappa shape index (κ2) is 11.3. The number of ketones is 1. The highest BCUT2D eigenvalue weighted by Gasteiger charge is 2.74. The molecule has 8 unspecified atom stereocenters. The first kappa shape index (κ1) is 32.1. The smallest absolute Gasteiger partial charge is 0.410 e. The SMILES string of the molecule is CCOC(=O)N(Cc1ccccc1)CC1(O)CCC2C34C=CC5(C=C3C(=O)c3ccc(OC)cc3)CC(O)CCC5(C)C4CCC21C. The van der Waals surface area contributed by atoms with Crippen LogP contribution in [0.15, 0.2) is 78.4 Å². The van der Waals surface area contributed by atoms with Gasteiger partial charge in [-0.15, -0.1) is 0 Å². The Bertz CT molecular complexity index is 1600. The zero-order valence-electron chi connectivity index (χ0n) is 28.2. The van der Waals surface area contributed by atoms with Crippen molar-refractivity contribution in [3.05, 3.63) is 89.5 Å². The van der Waals surface area contributed by atoms with Crippen molar-refractivity contribution in [1.29, 1.82) is 0 Å². The van der Waals surface area contributed by atoms with Crippen molar-refractivity contribution in [3.8, 4) is 5.75 Å². The van der Waals surface area contributed by atoms with E-state index >= 15 is 0 Å². The van der Waals surface area contributed by atoms with Gasteiger partial charge in [-0.2, -0.15) is 0 Å². The number of ether oxygens (including phenoxy) is 2. The maximum Gasteiger partial charge on any atom is 0.410 e. The average Bonchev–Trinajstić information content (AvgIpc) is 3.34. The molecule has 2 bridgehead atoms. The lowest BCUT2D eigenvalue weighted by Gasteiger charge is -2.71. The van der Waals surface area contributed by atoms with E-state index in [2.05, 4.69) is 32.1 Å². The Balaban J connectivity index is 1.31. The average molecular weight is 640 g/mol. The van der Waals surface area contributed by atoms with Gasteiger partial charge in [0.1, 0.15) is 5.75 Å². The van der Waals surface area contributed by atoms with Crippen LogP contribution in [0.2, 0.25) is 0 Å². The zero-order valence-corrected chi connectivity index (χ0v) is 28.2. The molecule has 250 valence electrons. The molecular weight excluding hydrogens is 590 g/mol. The molecule has 47 heavy (non-hydrogen) atoms. The van der Waals surface area contributed by atoms with E-state index in [0.29, 0.717) is 30.7 Å². The van der Waals surface area contributed by atoms with Crippen molar-refractivity contribution in [3.63, 3.8) is 0 Å². The van der Waals surface area contributed by atoms with Gasteiger partial charge in [0.15, 0.2) is 5.78 Å². The van der Waals surface area contributed by atoms with Crippen LogP contribution in [0.1, 0.15) is 81.6 Å². The van der Waals surface area contributed by atoms with Gasteiger partial charge in [0.25, 0.3) is 0 Å². The van der Waals surface area contributed by atoms with E-state index in [1.54, 1.807) is 18.9 Å². The van der Waals surface area contributed by atoms with E-state index < -0.39 is 34.0 Å². The summed E-state index contributed by atoms with van der Waals surface area (Å²) < 4.78 is 10.9. The molecule has 6 aliphatic carbocycles. The summed E-state index contributed by atoms with van der Waals surface area (Å²) in [5.74, 6) is 0.901. The molecule has 7 heteroatoms. The lowest BCUT2D eigenvalue weighted by molar-refractivity contribution is -0.175. The number of rotatable bonds is 8. The molecule has 2 aromatic carbocycles. The molecule has 7 nitrogen and oxygen atoms in total. The van der Waals surface area contributed by atoms with Gasteiger partial charge in [-0.05, 0) is 98.9 Å². The van der Waals surface area contributed by atoms with Crippen molar-refractivity contribution in [2.45, 2.75) is 84.0 Å². The summed E-state index contributed by atoms with van der Waals surface area (Å²) in [6.07, 6.45) is 11.3. The predicted octanol–water partition coefficient (Wildman–Crippen LogP) is 7.13. The number of aliphatic hydroxyl groups excluding tert-OH is 1. The number of hydrogen-bond donors (Lipinski definition) is 2. The summed E-state index contributed by atoms with van der Waals surface area (Å²) in [5, 5.41) is 23.8. The molecule has 2 spiro atoms. The van der Waals surface area contributed by atoms with E-state index in [1.807, 2.05) is 54.6 Å². The maximum atomic E-state index is 14.8. The van der Waals surface area contributed by atoms with Crippen LogP contribution in [-0.2, 0) is 11.3 Å². The Morgan fingerprint density at radius 3 is 2.30 bits per heavy atom. The first-order valence-electron chi connectivity index (χ1n) is 17.4. The number of allylic oxidation sites excluding steroid dienone is 4. The minimum Gasteiger partial charge on any atom is -0.497 e. The van der Waals surface area contributed by atoms with Crippen LogP contribution in [0.3, 0.4) is 0 Å². The van der Waals surface area contributed by atoms with Crippen molar-refractivity contribution in [2.24, 2.45) is 33.5 Å². The minimum atomic E-state index is -1.17. The van der Waals surface area contributed by atoms with Gasteiger partial charge in [0, 0.05) is 33.9 Å². The third-order valence-corrected chi connectivity index (χ3v) is 13.5. The predicted molar refractivity (Wildman–Crippen MR) is 180 cm³/mol. The van der Waals surface area contributed by atoms with Crippen LogP contribution in [-0.4, -0.2) is 59.0 Å². The number of hydrogen-bond acceptors (Lipinski definition) is 6. The molecule has 1 amide bonds. The molecule has 0 heterocycles. The number of nitrogens with zero attached hydrogens (tertiary/aromatic N) is 1. The highest BCUT2D eigenvalue weighted by atomic mass is 16.6. The van der Waals surface area contributed by atoms with E-state index in [1.165, 1.54) is 0 Å². The van der Waals surface area contributed by atoms with Crippen molar-refractivity contribution < 1.29 is 29.3 Å². The van der Waals surface area contributed by atoms with Gasteiger partial charge >= 0.3 is 6.09 Å². The van der Waals surface area contributed by atoms with E-state index in [9.17, 15) is 19.8 Å². The molecule has 0 saturated heterocycles. The van der Waals surface area contributed by atoms with Crippen LogP contribution in [0.25, 0.3) is 0 Å². The van der Waals surface area contributed by atoms with Gasteiger partial charge in [-0.1, -0.05) is 62.4 Å². The quantitative estimate of drug-likeness (QED) is 0.236. The fourth-order valence-corrected chi connectivity index (χ4v) is 11.0. The molecule has 8 rings (SSSR count). The summed E-state index contributed by atoms with van der Waals surface area (Å²) in [4.78, 5) is 29.8. The number of fused-ring (bicyclic) bond motifs is 1. The molecule has 2 aromatic rings. The minimum absolute atomic E-state index is 0.00815. The third kappa shape index (κ3) is 4.59. The first-order valence-corrected chi connectivity index (χ1v) is 17.4. The summed E-state index contributed by atoms with van der Waals surface area (Å²) in [6, 6.07) is 17.2. The van der Waals surface area contributed by atoms with E-state index in [0.717, 1.165) is 43.2 Å². The highest BCUT2D eigenvalue weighted by molar-refractivity contribution is 6.10. The Kier molecular flexibility index (Phi) is 7.75. The zero-order chi connectivity index (χ0) is 33.2. The maximum absolute atomic E-state index is 14.8. The number of benzene rings is 2. The third-order valence-electron chi connectivity index (χ3n) is 13.5. The lowest BCUT2D eigenvalue weighted by Crippen LogP contribution is -2.67. The molecule has 8 atom stereocenters. The number of carbonyl (C=O) groups is 2. The summed E-state index contributed by atoms with van der Waals surface area (Å²) >= 11 is 0. The van der Waals surface area contributed by atoms with Gasteiger partial charge in [-0.3, -0.25) is 4.79 Å². The highest BCUT2D eigenvalue weighted by Crippen LogP contribution is 2.78. The summed E-state index contributed by atoms with van der Waals surface area (Å²) in [7, 11) is 1.62. The van der Waals surface area contributed by atoms with Crippen molar-refractivity contribution >= 4 is 11.9 Å². The van der Waals surface area contributed by atoms with Crippen LogP contribution >= 0.6 is 0 Å². The molecule has 6 aliphatic rings. The summed E-state index contributed by atoms with van der Waals surface area (Å²) in [6.45, 7) is 7.16. The Labute approximate surface area is 278 Å². The van der Waals surface area contributed by atoms with Crippen molar-refractivity contribution in [2.75, 3.05) is 20.3 Å². The van der Waals surface area contributed by atoms with Crippen LogP contribution in [0.4, 0.5) is 4.79 Å². The number of Topliss-reactive ketones (excluding diaryl/α,β-unsaturated/α-hetero) is 1. The van der Waals surface area contributed by atoms with Gasteiger partial charge in [0.05, 0.1) is 32.0 Å². The van der Waals surface area contributed by atoms with E-state index in [4.69, 9.17) is 9.47 Å². The fraction of sp³-hybridized carbons (Fsp3) is 0.550. The molecule has 0 radical (unpaired) electrons. The summed E-state index contributed by atoms with van der Waals surface area (Å²) in [5.41, 5.74) is -0.391. The molecule has 0 aliphatic heterocycles. The number of aliphatic hydroxyl groups is 2. The molecule has 2 N–H and O–H groups in total. The van der Waals surface area contributed by atoms with Gasteiger partial charge in [-0.25, -0.2) is 4.79 Å². The number of methoxy groups -OCH3 is 1. The standard InChI is InChI=1S/C40H49NO6/c1-5-47-35(44)41(25-27-9-7-6-8-10-27)26-39(45)20-17-33-37(39,3)19-16-32-36(2)18-15-29(42)23-38(36)21-22-40(32,33)31(24-38)34(43)28-11-13-30(46-4)14-12-28/h6-14,21-22,24,29,32-33,42,45H,5,15-20,23,25-26H2,1-4H3. The largest absolute Gasteiger partial charge is 0.497 e. The Morgan fingerprint density at radius 1 is 0.915 bits per heavy atom. The fourth-order valence-electron chi connectivity index (χ4n) is 11.0. The lowest BCUT2D eigenvalue weighted by atomic mass is 9.32. The molecule has 3 saturated carbocycles. The Hall–Kier alpha value is -3.42. The second-order valence-corrected chi connectivity index (χ2v) is 15.4.